The minimum atomic E-state index is -0.739. The lowest BCUT2D eigenvalue weighted by atomic mass is 9.91. The highest BCUT2D eigenvalue weighted by atomic mass is 16.5. The number of methoxy groups -OCH3 is 1. The molecule has 0 atom stereocenters. The number of nitrogens with zero attached hydrogens (tertiary/aromatic N) is 1. The summed E-state index contributed by atoms with van der Waals surface area (Å²) in [5, 5.41) is 6.15. The Morgan fingerprint density at radius 1 is 1.35 bits per heavy atom. The van der Waals surface area contributed by atoms with Crippen LogP contribution < -0.4 is 10.6 Å². The van der Waals surface area contributed by atoms with Crippen molar-refractivity contribution in [2.45, 2.75) is 25.0 Å². The fourth-order valence-electron chi connectivity index (χ4n) is 2.79. The first-order valence-electron chi connectivity index (χ1n) is 7.77. The number of benzene rings is 1. The van der Waals surface area contributed by atoms with Crippen molar-refractivity contribution in [2.75, 3.05) is 20.2 Å². The number of amides is 1. The molecule has 0 bridgehead atoms. The molecule has 0 saturated carbocycles. The number of carbonyl (C=O) groups excluding carboxylic acids is 1. The Bertz CT molecular complexity index is 648. The van der Waals surface area contributed by atoms with Gasteiger partial charge in [0.2, 0.25) is 5.89 Å². The lowest BCUT2D eigenvalue weighted by Gasteiger charge is -2.34. The van der Waals surface area contributed by atoms with Gasteiger partial charge in [0.25, 0.3) is 5.91 Å². The van der Waals surface area contributed by atoms with E-state index in [1.165, 1.54) is 0 Å². The van der Waals surface area contributed by atoms with Gasteiger partial charge in [-0.2, -0.15) is 0 Å². The second-order valence-corrected chi connectivity index (χ2v) is 5.64. The molecule has 1 saturated heterocycles. The molecule has 1 fully saturated rings. The number of piperidine rings is 1. The molecule has 1 aliphatic heterocycles. The molecular weight excluding hydrogens is 294 g/mol. The van der Waals surface area contributed by atoms with E-state index in [0.29, 0.717) is 31.0 Å². The lowest BCUT2D eigenvalue weighted by Crippen LogP contribution is -2.53. The van der Waals surface area contributed by atoms with E-state index in [-0.39, 0.29) is 5.91 Å². The van der Waals surface area contributed by atoms with Gasteiger partial charge in [-0.15, -0.1) is 0 Å². The average Bonchev–Trinajstić information content (AvgIpc) is 3.10. The van der Waals surface area contributed by atoms with Crippen molar-refractivity contribution in [3.8, 4) is 11.5 Å². The molecule has 23 heavy (non-hydrogen) atoms. The first-order chi connectivity index (χ1) is 11.2. The van der Waals surface area contributed by atoms with E-state index in [2.05, 4.69) is 15.6 Å². The van der Waals surface area contributed by atoms with Gasteiger partial charge in [-0.3, -0.25) is 4.79 Å². The monoisotopic (exact) mass is 315 g/mol. The smallest absolute Gasteiger partial charge is 0.252 e. The zero-order chi connectivity index (χ0) is 16.1. The van der Waals surface area contributed by atoms with Crippen LogP contribution in [-0.2, 0) is 16.1 Å². The van der Waals surface area contributed by atoms with E-state index < -0.39 is 5.60 Å². The van der Waals surface area contributed by atoms with Crippen LogP contribution in [0.4, 0.5) is 0 Å². The van der Waals surface area contributed by atoms with Crippen molar-refractivity contribution in [2.24, 2.45) is 0 Å². The number of oxazole rings is 1. The normalized spacial score (nSPS) is 16.9. The van der Waals surface area contributed by atoms with Gasteiger partial charge in [-0.05, 0) is 38.1 Å². The topological polar surface area (TPSA) is 76.4 Å². The SMILES string of the molecule is COC1(C(=O)NCc2coc(-c3ccccc3)n2)CCNCC1. The Kier molecular flexibility index (Phi) is 4.73. The molecule has 0 unspecified atom stereocenters. The van der Waals surface area contributed by atoms with Crippen molar-refractivity contribution in [1.29, 1.82) is 0 Å². The lowest BCUT2D eigenvalue weighted by molar-refractivity contribution is -0.146. The van der Waals surface area contributed by atoms with Crippen LogP contribution in [0.2, 0.25) is 0 Å². The molecule has 2 heterocycles. The van der Waals surface area contributed by atoms with Crippen molar-refractivity contribution in [1.82, 2.24) is 15.6 Å². The molecule has 1 aliphatic rings. The Morgan fingerprint density at radius 3 is 2.78 bits per heavy atom. The standard InChI is InChI=1S/C17H21N3O3/c1-22-17(7-9-18-10-8-17)16(21)19-11-14-12-23-15(20-14)13-5-3-2-4-6-13/h2-6,12,18H,7-11H2,1H3,(H,19,21). The van der Waals surface area contributed by atoms with E-state index in [0.717, 1.165) is 18.7 Å². The number of rotatable bonds is 5. The van der Waals surface area contributed by atoms with Crippen LogP contribution in [0.1, 0.15) is 18.5 Å². The summed E-state index contributed by atoms with van der Waals surface area (Å²) in [5.41, 5.74) is 0.867. The van der Waals surface area contributed by atoms with Gasteiger partial charge < -0.3 is 19.8 Å². The summed E-state index contributed by atoms with van der Waals surface area (Å²) < 4.78 is 11.0. The third-order valence-electron chi connectivity index (χ3n) is 4.22. The van der Waals surface area contributed by atoms with E-state index in [1.807, 2.05) is 30.3 Å². The summed E-state index contributed by atoms with van der Waals surface area (Å²) in [6, 6.07) is 9.67. The van der Waals surface area contributed by atoms with Gasteiger partial charge in [-0.1, -0.05) is 18.2 Å². The minimum absolute atomic E-state index is 0.0919. The number of ether oxygens (including phenoxy) is 1. The van der Waals surface area contributed by atoms with Crippen molar-refractivity contribution < 1.29 is 13.9 Å². The third-order valence-corrected chi connectivity index (χ3v) is 4.22. The highest BCUT2D eigenvalue weighted by molar-refractivity contribution is 5.85. The van der Waals surface area contributed by atoms with Gasteiger partial charge in [-0.25, -0.2) is 4.98 Å². The Morgan fingerprint density at radius 2 is 2.09 bits per heavy atom. The molecule has 2 N–H and O–H groups in total. The molecule has 1 aromatic carbocycles. The molecular formula is C17H21N3O3. The molecule has 3 rings (SSSR count). The molecule has 6 nitrogen and oxygen atoms in total. The summed E-state index contributed by atoms with van der Waals surface area (Å²) in [6.07, 6.45) is 2.91. The third kappa shape index (κ3) is 3.43. The molecule has 122 valence electrons. The quantitative estimate of drug-likeness (QED) is 0.879. The van der Waals surface area contributed by atoms with E-state index in [9.17, 15) is 4.79 Å². The molecule has 0 aliphatic carbocycles. The summed E-state index contributed by atoms with van der Waals surface area (Å²) in [5.74, 6) is 0.462. The molecule has 2 aromatic rings. The van der Waals surface area contributed by atoms with E-state index in [4.69, 9.17) is 9.15 Å². The van der Waals surface area contributed by atoms with Crippen molar-refractivity contribution in [3.63, 3.8) is 0 Å². The maximum absolute atomic E-state index is 12.5. The summed E-state index contributed by atoms with van der Waals surface area (Å²) in [7, 11) is 1.59. The molecule has 0 spiro atoms. The highest BCUT2D eigenvalue weighted by Crippen LogP contribution is 2.23. The predicted molar refractivity (Wildman–Crippen MR) is 85.6 cm³/mol. The first kappa shape index (κ1) is 15.7. The zero-order valence-corrected chi connectivity index (χ0v) is 13.2. The first-order valence-corrected chi connectivity index (χ1v) is 7.77. The van der Waals surface area contributed by atoms with Crippen LogP contribution in [-0.4, -0.2) is 36.7 Å². The van der Waals surface area contributed by atoms with Crippen LogP contribution in [0.15, 0.2) is 41.0 Å². The number of hydrogen-bond acceptors (Lipinski definition) is 5. The average molecular weight is 315 g/mol. The van der Waals surface area contributed by atoms with E-state index >= 15 is 0 Å². The fraction of sp³-hybridized carbons (Fsp3) is 0.412. The Hall–Kier alpha value is -2.18. The summed E-state index contributed by atoms with van der Waals surface area (Å²) in [4.78, 5) is 16.9. The fourth-order valence-corrected chi connectivity index (χ4v) is 2.79. The summed E-state index contributed by atoms with van der Waals surface area (Å²) in [6.45, 7) is 1.89. The Labute approximate surface area is 135 Å². The number of aromatic nitrogens is 1. The molecule has 1 amide bonds. The minimum Gasteiger partial charge on any atom is -0.444 e. The van der Waals surface area contributed by atoms with Gasteiger partial charge in [0.05, 0.1) is 12.2 Å². The number of nitrogens with one attached hydrogen (secondary N) is 2. The van der Waals surface area contributed by atoms with Crippen LogP contribution in [0.5, 0.6) is 0 Å². The van der Waals surface area contributed by atoms with Gasteiger partial charge >= 0.3 is 0 Å². The largest absolute Gasteiger partial charge is 0.444 e. The zero-order valence-electron chi connectivity index (χ0n) is 13.2. The summed E-state index contributed by atoms with van der Waals surface area (Å²) >= 11 is 0. The van der Waals surface area contributed by atoms with Crippen LogP contribution >= 0.6 is 0 Å². The van der Waals surface area contributed by atoms with Gasteiger partial charge in [0.15, 0.2) is 0 Å². The van der Waals surface area contributed by atoms with E-state index in [1.54, 1.807) is 13.4 Å². The maximum Gasteiger partial charge on any atom is 0.252 e. The highest BCUT2D eigenvalue weighted by Gasteiger charge is 2.39. The van der Waals surface area contributed by atoms with Gasteiger partial charge in [0.1, 0.15) is 11.9 Å². The molecule has 0 radical (unpaired) electrons. The molecule has 6 heteroatoms. The van der Waals surface area contributed by atoms with Crippen LogP contribution in [0.3, 0.4) is 0 Å². The second-order valence-electron chi connectivity index (χ2n) is 5.64. The van der Waals surface area contributed by atoms with Crippen LogP contribution in [0.25, 0.3) is 11.5 Å². The van der Waals surface area contributed by atoms with Gasteiger partial charge in [0, 0.05) is 12.7 Å². The molecule has 1 aromatic heterocycles. The van der Waals surface area contributed by atoms with Crippen molar-refractivity contribution >= 4 is 5.91 Å². The maximum atomic E-state index is 12.5. The second kappa shape index (κ2) is 6.93. The van der Waals surface area contributed by atoms with Crippen molar-refractivity contribution in [3.05, 3.63) is 42.3 Å². The number of carbonyl (C=O) groups is 1. The van der Waals surface area contributed by atoms with Crippen LogP contribution in [0, 0.1) is 0 Å². The number of hydrogen-bond donors (Lipinski definition) is 2. The predicted octanol–water partition coefficient (Wildman–Crippen LogP) is 1.73. The Balaban J connectivity index is 1.62.